The van der Waals surface area contributed by atoms with Crippen molar-refractivity contribution >= 4 is 23.0 Å². The van der Waals surface area contributed by atoms with Crippen molar-refractivity contribution in [3.8, 4) is 5.75 Å². The molecule has 0 aromatic heterocycles. The van der Waals surface area contributed by atoms with E-state index in [4.69, 9.17) is 16.3 Å². The lowest BCUT2D eigenvalue weighted by atomic mass is 10.1. The lowest BCUT2D eigenvalue weighted by Crippen LogP contribution is -2.17. The number of ether oxygens (including phenoxy) is 1. The summed E-state index contributed by atoms with van der Waals surface area (Å²) in [5.74, 6) is 0.894. The monoisotopic (exact) mass is 392 g/mol. The van der Waals surface area contributed by atoms with E-state index in [1.807, 2.05) is 30.3 Å². The van der Waals surface area contributed by atoms with Crippen molar-refractivity contribution in [1.29, 1.82) is 0 Å². The van der Waals surface area contributed by atoms with E-state index in [1.165, 1.54) is 22.4 Å². The molecule has 0 spiro atoms. The van der Waals surface area contributed by atoms with Crippen LogP contribution in [0, 0.1) is 0 Å². The maximum Gasteiger partial charge on any atom is 0.119 e. The second-order valence-electron chi connectivity index (χ2n) is 7.34. The predicted molar refractivity (Wildman–Crippen MR) is 118 cm³/mol. The van der Waals surface area contributed by atoms with Crippen LogP contribution in [0.2, 0.25) is 5.02 Å². The topological polar surface area (TPSA) is 24.5 Å². The van der Waals surface area contributed by atoms with Crippen molar-refractivity contribution in [2.45, 2.75) is 25.4 Å². The van der Waals surface area contributed by atoms with Gasteiger partial charge in [0.05, 0.1) is 13.2 Å². The van der Waals surface area contributed by atoms with E-state index in [1.54, 1.807) is 7.11 Å². The molecule has 0 saturated heterocycles. The maximum absolute atomic E-state index is 6.14. The van der Waals surface area contributed by atoms with Gasteiger partial charge in [0.15, 0.2) is 0 Å². The first-order valence-electron chi connectivity index (χ1n) is 9.61. The number of fused-ring (bicyclic) bond motifs is 1. The molecule has 144 valence electrons. The number of hydrogen-bond acceptors (Lipinski definition) is 3. The summed E-state index contributed by atoms with van der Waals surface area (Å²) < 4.78 is 5.35. The SMILES string of the molecule is COc1cccc(CN(C)c2ccc3c(c2)C(Nc2cccc(Cl)c2)CC3)c1. The number of halogens is 1. The summed E-state index contributed by atoms with van der Waals surface area (Å²) >= 11 is 6.14. The largest absolute Gasteiger partial charge is 0.497 e. The van der Waals surface area contributed by atoms with Crippen LogP contribution in [-0.2, 0) is 13.0 Å². The van der Waals surface area contributed by atoms with Gasteiger partial charge in [-0.3, -0.25) is 0 Å². The molecule has 0 bridgehead atoms. The Morgan fingerprint density at radius 3 is 2.75 bits per heavy atom. The highest BCUT2D eigenvalue weighted by Crippen LogP contribution is 2.36. The highest BCUT2D eigenvalue weighted by Gasteiger charge is 2.23. The highest BCUT2D eigenvalue weighted by molar-refractivity contribution is 6.30. The molecule has 4 rings (SSSR count). The van der Waals surface area contributed by atoms with Crippen LogP contribution < -0.4 is 15.0 Å². The van der Waals surface area contributed by atoms with Gasteiger partial charge in [-0.2, -0.15) is 0 Å². The van der Waals surface area contributed by atoms with Crippen LogP contribution >= 0.6 is 11.6 Å². The lowest BCUT2D eigenvalue weighted by molar-refractivity contribution is 0.414. The van der Waals surface area contributed by atoms with Crippen LogP contribution in [0.25, 0.3) is 0 Å². The third-order valence-corrected chi connectivity index (χ3v) is 5.60. The van der Waals surface area contributed by atoms with E-state index < -0.39 is 0 Å². The molecule has 1 aliphatic carbocycles. The number of anilines is 2. The van der Waals surface area contributed by atoms with Gasteiger partial charge >= 0.3 is 0 Å². The molecule has 3 aromatic carbocycles. The van der Waals surface area contributed by atoms with Gasteiger partial charge in [-0.1, -0.05) is 35.9 Å². The van der Waals surface area contributed by atoms with E-state index in [2.05, 4.69) is 53.7 Å². The van der Waals surface area contributed by atoms with Crippen LogP contribution in [0.3, 0.4) is 0 Å². The van der Waals surface area contributed by atoms with Crippen molar-refractivity contribution in [1.82, 2.24) is 0 Å². The van der Waals surface area contributed by atoms with Crippen LogP contribution in [0.1, 0.15) is 29.2 Å². The van der Waals surface area contributed by atoms with Gasteiger partial charge in [-0.15, -0.1) is 0 Å². The predicted octanol–water partition coefficient (Wildman–Crippen LogP) is 6.08. The van der Waals surface area contributed by atoms with Crippen LogP contribution in [0.15, 0.2) is 66.7 Å². The van der Waals surface area contributed by atoms with Gasteiger partial charge in [-0.25, -0.2) is 0 Å². The first-order chi connectivity index (χ1) is 13.6. The molecule has 1 unspecified atom stereocenters. The molecular formula is C24H25ClN2O. The van der Waals surface area contributed by atoms with Gasteiger partial charge in [0, 0.05) is 30.0 Å². The number of nitrogens with zero attached hydrogens (tertiary/aromatic N) is 1. The Morgan fingerprint density at radius 1 is 1.07 bits per heavy atom. The molecule has 28 heavy (non-hydrogen) atoms. The maximum atomic E-state index is 6.14. The van der Waals surface area contributed by atoms with E-state index in [9.17, 15) is 0 Å². The average Bonchev–Trinajstić information content (AvgIpc) is 3.10. The van der Waals surface area contributed by atoms with Gasteiger partial charge < -0.3 is 15.0 Å². The van der Waals surface area contributed by atoms with Crippen molar-refractivity contribution in [3.05, 3.63) is 88.4 Å². The molecule has 0 aliphatic heterocycles. The third-order valence-electron chi connectivity index (χ3n) is 5.37. The fraction of sp³-hybridized carbons (Fsp3) is 0.250. The zero-order valence-electron chi connectivity index (χ0n) is 16.3. The number of nitrogens with one attached hydrogen (secondary N) is 1. The molecule has 1 N–H and O–H groups in total. The summed E-state index contributed by atoms with van der Waals surface area (Å²) in [5.41, 5.74) is 6.34. The molecular weight excluding hydrogens is 368 g/mol. The highest BCUT2D eigenvalue weighted by atomic mass is 35.5. The molecule has 0 saturated carbocycles. The number of aryl methyl sites for hydroxylation is 1. The number of rotatable bonds is 6. The fourth-order valence-electron chi connectivity index (χ4n) is 3.89. The number of benzene rings is 3. The summed E-state index contributed by atoms with van der Waals surface area (Å²) in [4.78, 5) is 2.28. The minimum absolute atomic E-state index is 0.318. The smallest absolute Gasteiger partial charge is 0.119 e. The van der Waals surface area contributed by atoms with Crippen LogP contribution in [-0.4, -0.2) is 14.2 Å². The third kappa shape index (κ3) is 4.10. The molecule has 0 radical (unpaired) electrons. The first-order valence-corrected chi connectivity index (χ1v) is 9.99. The van der Waals surface area contributed by atoms with Crippen LogP contribution in [0.4, 0.5) is 11.4 Å². The Bertz CT molecular complexity index is 972. The van der Waals surface area contributed by atoms with E-state index >= 15 is 0 Å². The van der Waals surface area contributed by atoms with Crippen LogP contribution in [0.5, 0.6) is 5.75 Å². The molecule has 0 fully saturated rings. The Balaban J connectivity index is 1.52. The fourth-order valence-corrected chi connectivity index (χ4v) is 4.08. The Hall–Kier alpha value is -2.65. The summed E-state index contributed by atoms with van der Waals surface area (Å²) in [6, 6.07) is 23.3. The summed E-state index contributed by atoms with van der Waals surface area (Å²) in [7, 11) is 3.84. The molecule has 1 aliphatic rings. The normalized spacial score (nSPS) is 15.2. The second-order valence-corrected chi connectivity index (χ2v) is 7.77. The zero-order valence-corrected chi connectivity index (χ0v) is 17.0. The molecule has 0 amide bonds. The minimum Gasteiger partial charge on any atom is -0.497 e. The Labute approximate surface area is 171 Å². The zero-order chi connectivity index (χ0) is 19.5. The lowest BCUT2D eigenvalue weighted by Gasteiger charge is -2.22. The molecule has 4 heteroatoms. The van der Waals surface area contributed by atoms with Gasteiger partial charge in [0.1, 0.15) is 5.75 Å². The van der Waals surface area contributed by atoms with Gasteiger partial charge in [0.25, 0.3) is 0 Å². The van der Waals surface area contributed by atoms with Gasteiger partial charge in [-0.05, 0) is 72.0 Å². The van der Waals surface area contributed by atoms with Crippen molar-refractivity contribution in [2.75, 3.05) is 24.4 Å². The summed E-state index contributed by atoms with van der Waals surface area (Å²) in [6.45, 7) is 0.836. The van der Waals surface area contributed by atoms with Crippen molar-refractivity contribution in [3.63, 3.8) is 0 Å². The van der Waals surface area contributed by atoms with Crippen molar-refractivity contribution in [2.24, 2.45) is 0 Å². The first kappa shape index (κ1) is 18.7. The quantitative estimate of drug-likeness (QED) is 0.549. The standard InChI is InChI=1S/C24H25ClN2O/c1-27(16-17-5-3-8-22(13-17)28-2)21-11-9-18-10-12-24(23(18)15-21)26-20-7-4-6-19(25)14-20/h3-9,11,13-15,24,26H,10,12,16H2,1-2H3. The average molecular weight is 393 g/mol. The van der Waals surface area contributed by atoms with E-state index in [-0.39, 0.29) is 0 Å². The second kappa shape index (κ2) is 8.15. The summed E-state index contributed by atoms with van der Waals surface area (Å²) in [6.07, 6.45) is 2.21. The summed E-state index contributed by atoms with van der Waals surface area (Å²) in [5, 5.41) is 4.41. The molecule has 3 nitrogen and oxygen atoms in total. The van der Waals surface area contributed by atoms with Gasteiger partial charge in [0.2, 0.25) is 0 Å². The van der Waals surface area contributed by atoms with E-state index in [0.717, 1.165) is 35.8 Å². The molecule has 3 aromatic rings. The Kier molecular flexibility index (Phi) is 5.45. The minimum atomic E-state index is 0.318. The molecule has 0 heterocycles. The number of hydrogen-bond donors (Lipinski definition) is 1. The molecule has 1 atom stereocenters. The Morgan fingerprint density at radius 2 is 1.93 bits per heavy atom. The number of methoxy groups -OCH3 is 1. The van der Waals surface area contributed by atoms with Crippen molar-refractivity contribution < 1.29 is 4.74 Å². The van der Waals surface area contributed by atoms with E-state index in [0.29, 0.717) is 6.04 Å².